The van der Waals surface area contributed by atoms with Crippen LogP contribution < -0.4 is 43.1 Å². The first-order valence-electron chi connectivity index (χ1n) is 12.3. The van der Waals surface area contributed by atoms with Crippen molar-refractivity contribution in [1.82, 2.24) is 9.13 Å². The summed E-state index contributed by atoms with van der Waals surface area (Å²) in [7, 11) is 0. The molecule has 188 valence electrons. The summed E-state index contributed by atoms with van der Waals surface area (Å²) >= 11 is 0. The van der Waals surface area contributed by atoms with Crippen LogP contribution in [0.5, 0.6) is 0 Å². The first-order valence-corrected chi connectivity index (χ1v) is 12.3. The van der Waals surface area contributed by atoms with Crippen LogP contribution >= 0.6 is 0 Å². The average molecular weight is 618 g/mol. The fourth-order valence-electron chi connectivity index (χ4n) is 4.86. The molecular formula is C31H30Br2N4. The van der Waals surface area contributed by atoms with E-state index in [1.807, 2.05) is 0 Å². The third-order valence-electron chi connectivity index (χ3n) is 6.68. The van der Waals surface area contributed by atoms with E-state index >= 15 is 0 Å². The Hall–Kier alpha value is -3.22. The summed E-state index contributed by atoms with van der Waals surface area (Å²) in [6.45, 7) is 3.80. The number of nitrogens with zero attached hydrogens (tertiary/aromatic N) is 4. The third kappa shape index (κ3) is 6.56. The van der Waals surface area contributed by atoms with E-state index in [1.54, 1.807) is 0 Å². The van der Waals surface area contributed by atoms with Crippen molar-refractivity contribution >= 4 is 21.5 Å². The molecule has 6 aromatic rings. The minimum atomic E-state index is 0. The van der Waals surface area contributed by atoms with Gasteiger partial charge < -0.3 is 34.0 Å². The molecule has 0 spiro atoms. The summed E-state index contributed by atoms with van der Waals surface area (Å²) in [6, 6.07) is 30.5. The zero-order valence-corrected chi connectivity index (χ0v) is 23.8. The largest absolute Gasteiger partial charge is 1.00 e. The first kappa shape index (κ1) is 26.8. The van der Waals surface area contributed by atoms with Crippen LogP contribution in [-0.2, 0) is 26.2 Å². The summed E-state index contributed by atoms with van der Waals surface area (Å²) in [5.41, 5.74) is 2.66. The molecule has 2 heterocycles. The number of fused-ring (bicyclic) bond motifs is 2. The van der Waals surface area contributed by atoms with E-state index < -0.39 is 0 Å². The van der Waals surface area contributed by atoms with Gasteiger partial charge in [-0.25, -0.2) is 18.3 Å². The summed E-state index contributed by atoms with van der Waals surface area (Å²) in [5.74, 6) is 0. The molecule has 0 aliphatic rings. The number of aryl methyl sites for hydroxylation is 2. The molecule has 0 N–H and O–H groups in total. The SMILES string of the molecule is [Br-].[Br-].c1ccc2cc(C[n+]3ccn(CCCn4cc[n+](Cc5ccc6ccccc6c5)c4)c3)ccc2c1. The Labute approximate surface area is 239 Å². The van der Waals surface area contributed by atoms with Crippen molar-refractivity contribution in [3.05, 3.63) is 133 Å². The van der Waals surface area contributed by atoms with Gasteiger partial charge in [0, 0.05) is 6.42 Å². The lowest BCUT2D eigenvalue weighted by molar-refractivity contribution is -0.687. The van der Waals surface area contributed by atoms with Crippen LogP contribution in [0, 0.1) is 0 Å². The van der Waals surface area contributed by atoms with E-state index in [-0.39, 0.29) is 34.0 Å². The maximum Gasteiger partial charge on any atom is 0.244 e. The molecule has 0 bridgehead atoms. The van der Waals surface area contributed by atoms with Gasteiger partial charge in [0.1, 0.15) is 37.9 Å². The van der Waals surface area contributed by atoms with Gasteiger partial charge in [-0.15, -0.1) is 0 Å². The molecule has 0 aliphatic heterocycles. The highest BCUT2D eigenvalue weighted by Gasteiger charge is 2.09. The standard InChI is InChI=1S/C31H30N4.2BrH/c1-3-8-30-20-26(10-12-28(30)6-1)22-34-18-16-32(24-34)14-5-15-33-17-19-35(25-33)23-27-11-13-29-7-2-4-9-31(29)21-27;;/h1-4,6-13,16-21,24-25H,5,14-15,22-23H2;2*1H/q+2;;/p-2. The van der Waals surface area contributed by atoms with Crippen molar-refractivity contribution in [2.24, 2.45) is 0 Å². The molecule has 0 saturated carbocycles. The topological polar surface area (TPSA) is 17.6 Å². The molecule has 0 atom stereocenters. The Morgan fingerprint density at radius 1 is 0.514 bits per heavy atom. The van der Waals surface area contributed by atoms with Crippen molar-refractivity contribution in [2.75, 3.05) is 0 Å². The molecule has 0 fully saturated rings. The van der Waals surface area contributed by atoms with E-state index in [2.05, 4.69) is 141 Å². The number of imidazole rings is 2. The third-order valence-corrected chi connectivity index (χ3v) is 6.68. The van der Waals surface area contributed by atoms with Crippen LogP contribution in [0.3, 0.4) is 0 Å². The second-order valence-corrected chi connectivity index (χ2v) is 9.36. The number of aromatic nitrogens is 4. The Balaban J connectivity index is 0.00000160. The maximum atomic E-state index is 2.29. The van der Waals surface area contributed by atoms with Crippen molar-refractivity contribution in [2.45, 2.75) is 32.6 Å². The second kappa shape index (κ2) is 12.3. The molecule has 0 amide bonds. The minimum absolute atomic E-state index is 0. The lowest BCUT2D eigenvalue weighted by Gasteiger charge is -2.02. The van der Waals surface area contributed by atoms with Gasteiger partial charge in [0.15, 0.2) is 0 Å². The van der Waals surface area contributed by atoms with Gasteiger partial charge >= 0.3 is 0 Å². The quantitative estimate of drug-likeness (QED) is 0.203. The van der Waals surface area contributed by atoms with Crippen molar-refractivity contribution in [1.29, 1.82) is 0 Å². The van der Waals surface area contributed by atoms with E-state index in [1.165, 1.54) is 32.7 Å². The van der Waals surface area contributed by atoms with Crippen LogP contribution in [0.25, 0.3) is 21.5 Å². The zero-order chi connectivity index (χ0) is 23.5. The fraction of sp³-hybridized carbons (Fsp3) is 0.161. The average Bonchev–Trinajstić information content (AvgIpc) is 3.53. The Bertz CT molecular complexity index is 1480. The molecule has 0 unspecified atom stereocenters. The van der Waals surface area contributed by atoms with E-state index in [0.717, 1.165) is 32.6 Å². The number of halogens is 2. The monoisotopic (exact) mass is 616 g/mol. The predicted octanol–water partition coefficient (Wildman–Crippen LogP) is -0.634. The summed E-state index contributed by atoms with van der Waals surface area (Å²) in [5, 5.41) is 5.19. The van der Waals surface area contributed by atoms with Gasteiger partial charge in [-0.3, -0.25) is 0 Å². The van der Waals surface area contributed by atoms with E-state index in [4.69, 9.17) is 0 Å². The zero-order valence-electron chi connectivity index (χ0n) is 20.6. The van der Waals surface area contributed by atoms with Crippen molar-refractivity contribution < 1.29 is 43.1 Å². The van der Waals surface area contributed by atoms with Crippen LogP contribution in [-0.4, -0.2) is 9.13 Å². The summed E-state index contributed by atoms with van der Waals surface area (Å²) < 4.78 is 9.09. The van der Waals surface area contributed by atoms with Gasteiger partial charge in [-0.05, 0) is 44.8 Å². The van der Waals surface area contributed by atoms with Gasteiger partial charge in [0.25, 0.3) is 0 Å². The first-order chi connectivity index (χ1) is 17.3. The lowest BCUT2D eigenvalue weighted by Crippen LogP contribution is -3.00. The van der Waals surface area contributed by atoms with Crippen molar-refractivity contribution in [3.8, 4) is 0 Å². The molecule has 37 heavy (non-hydrogen) atoms. The summed E-state index contributed by atoms with van der Waals surface area (Å²) in [4.78, 5) is 0. The van der Waals surface area contributed by atoms with Gasteiger partial charge in [0.05, 0.1) is 13.1 Å². The molecule has 2 aromatic heterocycles. The number of benzene rings is 4. The Morgan fingerprint density at radius 3 is 1.41 bits per heavy atom. The smallest absolute Gasteiger partial charge is 0.244 e. The van der Waals surface area contributed by atoms with Gasteiger partial charge in [0.2, 0.25) is 12.7 Å². The molecule has 0 saturated heterocycles. The molecule has 6 rings (SSSR count). The molecule has 4 aromatic carbocycles. The molecule has 4 nitrogen and oxygen atoms in total. The van der Waals surface area contributed by atoms with Crippen LogP contribution in [0.4, 0.5) is 0 Å². The number of hydrogen-bond acceptors (Lipinski definition) is 0. The fourth-order valence-corrected chi connectivity index (χ4v) is 4.86. The second-order valence-electron chi connectivity index (χ2n) is 9.36. The van der Waals surface area contributed by atoms with Gasteiger partial charge in [-0.2, -0.15) is 0 Å². The van der Waals surface area contributed by atoms with Crippen LogP contribution in [0.15, 0.2) is 122 Å². The highest BCUT2D eigenvalue weighted by molar-refractivity contribution is 5.83. The summed E-state index contributed by atoms with van der Waals surface area (Å²) in [6.07, 6.45) is 14.2. The maximum absolute atomic E-state index is 2.29. The highest BCUT2D eigenvalue weighted by atomic mass is 79.9. The molecule has 0 radical (unpaired) electrons. The molecular weight excluding hydrogens is 588 g/mol. The Morgan fingerprint density at radius 2 is 0.946 bits per heavy atom. The normalized spacial score (nSPS) is 10.8. The van der Waals surface area contributed by atoms with Crippen LogP contribution in [0.2, 0.25) is 0 Å². The number of rotatable bonds is 8. The van der Waals surface area contributed by atoms with Gasteiger partial charge in [-0.1, -0.05) is 72.8 Å². The number of hydrogen-bond donors (Lipinski definition) is 0. The van der Waals surface area contributed by atoms with E-state index in [9.17, 15) is 0 Å². The molecule has 6 heteroatoms. The van der Waals surface area contributed by atoms with Crippen LogP contribution in [0.1, 0.15) is 17.5 Å². The highest BCUT2D eigenvalue weighted by Crippen LogP contribution is 2.16. The Kier molecular flexibility index (Phi) is 8.95. The minimum Gasteiger partial charge on any atom is -1.00 e. The van der Waals surface area contributed by atoms with Crippen molar-refractivity contribution in [3.63, 3.8) is 0 Å². The predicted molar refractivity (Wildman–Crippen MR) is 140 cm³/mol. The van der Waals surface area contributed by atoms with E-state index in [0.29, 0.717) is 0 Å². The molecule has 0 aliphatic carbocycles. The lowest BCUT2D eigenvalue weighted by atomic mass is 10.1.